The summed E-state index contributed by atoms with van der Waals surface area (Å²) in [6.07, 6.45) is 5.74. The first-order valence-electron chi connectivity index (χ1n) is 5.12. The van der Waals surface area contributed by atoms with Crippen LogP contribution in [0.2, 0.25) is 0 Å². The minimum absolute atomic E-state index is 0.0101. The molecule has 1 atom stereocenters. The van der Waals surface area contributed by atoms with Crippen LogP contribution in [0.1, 0.15) is 12.8 Å². The lowest BCUT2D eigenvalue weighted by molar-refractivity contribution is 0.315. The van der Waals surface area contributed by atoms with Crippen molar-refractivity contribution in [1.82, 2.24) is 14.3 Å². The molecule has 1 aliphatic heterocycles. The summed E-state index contributed by atoms with van der Waals surface area (Å²) in [6.45, 7) is 0.867. The van der Waals surface area contributed by atoms with Crippen molar-refractivity contribution in [1.29, 1.82) is 0 Å². The fourth-order valence-electron chi connectivity index (χ4n) is 1.74. The van der Waals surface area contributed by atoms with E-state index in [9.17, 15) is 8.42 Å². The molecule has 1 fully saturated rings. The topological polar surface area (TPSA) is 89.2 Å². The van der Waals surface area contributed by atoms with Crippen molar-refractivity contribution in [3.8, 4) is 0 Å². The monoisotopic (exact) mass is 242 g/mol. The second kappa shape index (κ2) is 4.44. The Morgan fingerprint density at radius 2 is 2.25 bits per heavy atom. The van der Waals surface area contributed by atoms with Gasteiger partial charge in [-0.05, 0) is 12.8 Å². The maximum absolute atomic E-state index is 12.1. The fraction of sp³-hybridized carbons (Fsp3) is 0.556. The van der Waals surface area contributed by atoms with Gasteiger partial charge in [-0.3, -0.25) is 4.98 Å². The Hall–Kier alpha value is -1.05. The van der Waals surface area contributed by atoms with Crippen LogP contribution in [0.15, 0.2) is 23.6 Å². The zero-order valence-corrected chi connectivity index (χ0v) is 9.60. The van der Waals surface area contributed by atoms with Crippen LogP contribution in [0, 0.1) is 0 Å². The lowest BCUT2D eigenvalue weighted by atomic mass is 10.1. The summed E-state index contributed by atoms with van der Waals surface area (Å²) in [7, 11) is -3.52. The Morgan fingerprint density at radius 3 is 2.88 bits per heavy atom. The van der Waals surface area contributed by atoms with Crippen molar-refractivity contribution in [2.45, 2.75) is 23.9 Å². The van der Waals surface area contributed by atoms with Gasteiger partial charge in [-0.25, -0.2) is 13.4 Å². The number of nitrogens with zero attached hydrogens (tertiary/aromatic N) is 3. The smallest absolute Gasteiger partial charge is 0.262 e. The van der Waals surface area contributed by atoms with Crippen LogP contribution in [0.5, 0.6) is 0 Å². The van der Waals surface area contributed by atoms with E-state index in [4.69, 9.17) is 5.73 Å². The van der Waals surface area contributed by atoms with Crippen molar-refractivity contribution in [2.75, 3.05) is 13.1 Å². The summed E-state index contributed by atoms with van der Waals surface area (Å²) in [6, 6.07) is -0.0832. The zero-order chi connectivity index (χ0) is 11.6. The third-order valence-electron chi connectivity index (χ3n) is 2.56. The Labute approximate surface area is 94.6 Å². The minimum atomic E-state index is -3.52. The second-order valence-electron chi connectivity index (χ2n) is 3.81. The fourth-order valence-corrected chi connectivity index (χ4v) is 3.15. The van der Waals surface area contributed by atoms with Crippen LogP contribution in [0.4, 0.5) is 0 Å². The lowest BCUT2D eigenvalue weighted by Gasteiger charge is -2.29. The summed E-state index contributed by atoms with van der Waals surface area (Å²) in [5, 5.41) is -0.0101. The first-order valence-corrected chi connectivity index (χ1v) is 6.56. The van der Waals surface area contributed by atoms with E-state index in [1.54, 1.807) is 0 Å². The Kier molecular flexibility index (Phi) is 3.17. The molecule has 1 aromatic rings. The van der Waals surface area contributed by atoms with Crippen molar-refractivity contribution < 1.29 is 8.42 Å². The normalized spacial score (nSPS) is 23.2. The van der Waals surface area contributed by atoms with Crippen molar-refractivity contribution in [3.05, 3.63) is 18.6 Å². The van der Waals surface area contributed by atoms with E-state index in [0.717, 1.165) is 12.8 Å². The van der Waals surface area contributed by atoms with Gasteiger partial charge >= 0.3 is 0 Å². The van der Waals surface area contributed by atoms with Crippen LogP contribution < -0.4 is 5.73 Å². The first kappa shape index (κ1) is 11.4. The van der Waals surface area contributed by atoms with Crippen molar-refractivity contribution >= 4 is 10.0 Å². The predicted molar refractivity (Wildman–Crippen MR) is 58.0 cm³/mol. The number of aromatic nitrogens is 2. The third kappa shape index (κ3) is 2.21. The van der Waals surface area contributed by atoms with Crippen molar-refractivity contribution in [2.24, 2.45) is 5.73 Å². The first-order chi connectivity index (χ1) is 7.60. The number of sulfonamides is 1. The molecule has 0 amide bonds. The van der Waals surface area contributed by atoms with Gasteiger partial charge in [-0.15, -0.1) is 0 Å². The molecule has 88 valence electrons. The maximum Gasteiger partial charge on any atom is 0.262 e. The van der Waals surface area contributed by atoms with Gasteiger partial charge in [0, 0.05) is 31.5 Å². The molecule has 1 saturated heterocycles. The quantitative estimate of drug-likeness (QED) is 0.761. The molecule has 0 aromatic carbocycles. The van der Waals surface area contributed by atoms with E-state index in [0.29, 0.717) is 13.1 Å². The molecule has 2 heterocycles. The molecule has 0 radical (unpaired) electrons. The van der Waals surface area contributed by atoms with E-state index in [2.05, 4.69) is 9.97 Å². The minimum Gasteiger partial charge on any atom is -0.327 e. The molecule has 0 bridgehead atoms. The number of nitrogens with two attached hydrogens (primary N) is 1. The molecule has 7 heteroatoms. The number of hydrogen-bond donors (Lipinski definition) is 1. The summed E-state index contributed by atoms with van der Waals surface area (Å²) in [4.78, 5) is 7.58. The van der Waals surface area contributed by atoms with E-state index in [1.807, 2.05) is 0 Å². The lowest BCUT2D eigenvalue weighted by Crippen LogP contribution is -2.45. The largest absolute Gasteiger partial charge is 0.327 e. The average Bonchev–Trinajstić information content (AvgIpc) is 2.30. The van der Waals surface area contributed by atoms with E-state index in [-0.39, 0.29) is 11.1 Å². The highest BCUT2D eigenvalue weighted by atomic mass is 32.2. The molecule has 16 heavy (non-hydrogen) atoms. The number of hydrogen-bond acceptors (Lipinski definition) is 5. The van der Waals surface area contributed by atoms with Gasteiger partial charge < -0.3 is 5.73 Å². The number of piperidine rings is 1. The Bertz CT molecular complexity index is 448. The van der Waals surface area contributed by atoms with Gasteiger partial charge in [0.2, 0.25) is 0 Å². The third-order valence-corrected chi connectivity index (χ3v) is 4.32. The molecule has 0 spiro atoms. The molecule has 1 aromatic heterocycles. The van der Waals surface area contributed by atoms with Gasteiger partial charge in [-0.1, -0.05) is 0 Å². The van der Waals surface area contributed by atoms with Crippen LogP contribution in [-0.2, 0) is 10.0 Å². The SMILES string of the molecule is NC1CCCN(S(=O)(=O)c2cnccn2)C1. The summed E-state index contributed by atoms with van der Waals surface area (Å²) in [5.41, 5.74) is 5.76. The highest BCUT2D eigenvalue weighted by Gasteiger charge is 2.29. The number of rotatable bonds is 2. The van der Waals surface area contributed by atoms with Gasteiger partial charge in [0.25, 0.3) is 10.0 Å². The second-order valence-corrected chi connectivity index (χ2v) is 5.69. The van der Waals surface area contributed by atoms with E-state index in [1.165, 1.54) is 22.9 Å². The Balaban J connectivity index is 2.26. The average molecular weight is 242 g/mol. The molecule has 6 nitrogen and oxygen atoms in total. The van der Waals surface area contributed by atoms with Crippen molar-refractivity contribution in [3.63, 3.8) is 0 Å². The molecular formula is C9H14N4O2S. The summed E-state index contributed by atoms with van der Waals surface area (Å²) >= 11 is 0. The molecule has 1 unspecified atom stereocenters. The molecule has 0 aliphatic carbocycles. The molecular weight excluding hydrogens is 228 g/mol. The summed E-state index contributed by atoms with van der Waals surface area (Å²) < 4.78 is 25.6. The Morgan fingerprint density at radius 1 is 1.44 bits per heavy atom. The van der Waals surface area contributed by atoms with Crippen LogP contribution in [-0.4, -0.2) is 41.8 Å². The highest BCUT2D eigenvalue weighted by Crippen LogP contribution is 2.17. The van der Waals surface area contributed by atoms with Crippen LogP contribution in [0.3, 0.4) is 0 Å². The molecule has 0 saturated carbocycles. The van der Waals surface area contributed by atoms with Gasteiger partial charge in [0.1, 0.15) is 0 Å². The van der Waals surface area contributed by atoms with Gasteiger partial charge in [0.15, 0.2) is 5.03 Å². The molecule has 2 N–H and O–H groups in total. The predicted octanol–water partition coefficient (Wildman–Crippen LogP) is -0.412. The molecule has 2 rings (SSSR count). The standard InChI is InChI=1S/C9H14N4O2S/c10-8-2-1-5-13(7-8)16(14,15)9-6-11-3-4-12-9/h3-4,6,8H,1-2,5,7,10H2. The van der Waals surface area contributed by atoms with Crippen LogP contribution >= 0.6 is 0 Å². The molecule has 1 aliphatic rings. The maximum atomic E-state index is 12.1. The summed E-state index contributed by atoms with van der Waals surface area (Å²) in [5.74, 6) is 0. The zero-order valence-electron chi connectivity index (χ0n) is 8.78. The highest BCUT2D eigenvalue weighted by molar-refractivity contribution is 7.89. The van der Waals surface area contributed by atoms with Gasteiger partial charge in [0.05, 0.1) is 6.20 Å². The van der Waals surface area contributed by atoms with E-state index >= 15 is 0 Å². The van der Waals surface area contributed by atoms with Crippen LogP contribution in [0.25, 0.3) is 0 Å². The van der Waals surface area contributed by atoms with E-state index < -0.39 is 10.0 Å². The van der Waals surface area contributed by atoms with Gasteiger partial charge in [-0.2, -0.15) is 4.31 Å².